The van der Waals surface area contributed by atoms with Crippen molar-refractivity contribution in [3.8, 4) is 0 Å². The van der Waals surface area contributed by atoms with E-state index in [1.807, 2.05) is 30.3 Å². The van der Waals surface area contributed by atoms with Gasteiger partial charge in [0.15, 0.2) is 5.17 Å². The van der Waals surface area contributed by atoms with E-state index in [1.54, 1.807) is 12.1 Å². The van der Waals surface area contributed by atoms with Crippen LogP contribution in [0.3, 0.4) is 0 Å². The lowest BCUT2D eigenvalue weighted by molar-refractivity contribution is -0.121. The summed E-state index contributed by atoms with van der Waals surface area (Å²) in [5, 5.41) is 0.970. The monoisotopic (exact) mass is 453 g/mol. The van der Waals surface area contributed by atoms with Crippen molar-refractivity contribution >= 4 is 49.8 Å². The van der Waals surface area contributed by atoms with Crippen LogP contribution in [0.4, 0.5) is 4.39 Å². The molecule has 1 fully saturated rings. The smallest absolute Gasteiger partial charge is 0.282 e. The van der Waals surface area contributed by atoms with Gasteiger partial charge < -0.3 is 0 Å². The maximum Gasteiger partial charge on any atom is 0.284 e. The van der Waals surface area contributed by atoms with Crippen molar-refractivity contribution in [3.05, 3.63) is 89.7 Å². The molecule has 2 heterocycles. The van der Waals surface area contributed by atoms with Crippen molar-refractivity contribution in [1.82, 2.24) is 9.88 Å². The molecule has 31 heavy (non-hydrogen) atoms. The van der Waals surface area contributed by atoms with E-state index < -0.39 is 21.7 Å². The number of carbonyl (C=O) groups is 1. The number of aromatic nitrogens is 1. The second-order valence-electron chi connectivity index (χ2n) is 6.55. The fraction of sp³-hybridized carbons (Fsp3) is 0.0455. The first-order valence-corrected chi connectivity index (χ1v) is 11.4. The van der Waals surface area contributed by atoms with Crippen LogP contribution >= 0.6 is 11.8 Å². The number of halogens is 1. The number of hydrogen-bond donors (Lipinski definition) is 0. The molecule has 1 amide bonds. The normalized spacial score (nSPS) is 17.1. The number of benzene rings is 2. The SMILES string of the molecule is C=CCN1C(=O)/C(=C/c2ccc3ccccc3n2)S/C1=N/S(=O)(=O)c1ccc(F)cc1. The van der Waals surface area contributed by atoms with Gasteiger partial charge >= 0.3 is 0 Å². The lowest BCUT2D eigenvalue weighted by atomic mass is 10.2. The van der Waals surface area contributed by atoms with Gasteiger partial charge in [-0.15, -0.1) is 11.0 Å². The molecular weight excluding hydrogens is 437 g/mol. The van der Waals surface area contributed by atoms with E-state index in [1.165, 1.54) is 11.0 Å². The Morgan fingerprint density at radius 3 is 2.58 bits per heavy atom. The van der Waals surface area contributed by atoms with Gasteiger partial charge in [-0.1, -0.05) is 30.3 Å². The Hall–Kier alpha value is -3.30. The van der Waals surface area contributed by atoms with Crippen molar-refractivity contribution in [2.24, 2.45) is 4.40 Å². The minimum Gasteiger partial charge on any atom is -0.282 e. The Kier molecular flexibility index (Phi) is 5.71. The summed E-state index contributed by atoms with van der Waals surface area (Å²) >= 11 is 0.938. The van der Waals surface area contributed by atoms with Crippen molar-refractivity contribution in [2.75, 3.05) is 6.54 Å². The van der Waals surface area contributed by atoms with E-state index in [0.29, 0.717) is 5.69 Å². The number of nitrogens with zero attached hydrogens (tertiary/aromatic N) is 3. The van der Waals surface area contributed by atoms with Crippen LogP contribution in [-0.4, -0.2) is 35.9 Å². The highest BCUT2D eigenvalue weighted by Gasteiger charge is 2.34. The molecule has 0 N–H and O–H groups in total. The molecule has 6 nitrogen and oxygen atoms in total. The molecular formula is C22H16FN3O3S2. The van der Waals surface area contributed by atoms with Crippen molar-refractivity contribution in [3.63, 3.8) is 0 Å². The van der Waals surface area contributed by atoms with Crippen LogP contribution in [0.5, 0.6) is 0 Å². The molecule has 0 unspecified atom stereocenters. The van der Waals surface area contributed by atoms with Gasteiger partial charge in [0.2, 0.25) is 0 Å². The standard InChI is InChI=1S/C22H16FN3O3S2/c1-2-13-26-21(27)20(14-17-10-7-15-5-3-4-6-19(15)24-17)30-22(26)25-31(28,29)18-11-8-16(23)9-12-18/h2-12,14H,1,13H2/b20-14-,25-22+. The van der Waals surface area contributed by atoms with Gasteiger partial charge in [0.1, 0.15) is 5.82 Å². The number of amides is 1. The summed E-state index contributed by atoms with van der Waals surface area (Å²) in [4.78, 5) is 18.8. The third-order valence-electron chi connectivity index (χ3n) is 4.41. The molecule has 0 bridgehead atoms. The molecule has 0 spiro atoms. The molecule has 156 valence electrons. The maximum absolute atomic E-state index is 13.1. The quantitative estimate of drug-likeness (QED) is 0.427. The Labute approximate surface area is 182 Å². The first-order valence-electron chi connectivity index (χ1n) is 9.16. The average Bonchev–Trinajstić information content (AvgIpc) is 3.02. The van der Waals surface area contributed by atoms with Gasteiger partial charge in [0, 0.05) is 11.9 Å². The number of fused-ring (bicyclic) bond motifs is 1. The zero-order chi connectivity index (χ0) is 22.0. The van der Waals surface area contributed by atoms with E-state index in [9.17, 15) is 17.6 Å². The molecule has 1 aliphatic rings. The van der Waals surface area contributed by atoms with Crippen molar-refractivity contribution in [2.45, 2.75) is 4.90 Å². The van der Waals surface area contributed by atoms with E-state index in [2.05, 4.69) is 16.0 Å². The van der Waals surface area contributed by atoms with Gasteiger partial charge in [-0.3, -0.25) is 9.69 Å². The number of sulfonamides is 1. The van der Waals surface area contributed by atoms with Crippen LogP contribution in [0.2, 0.25) is 0 Å². The van der Waals surface area contributed by atoms with Crippen LogP contribution in [0.1, 0.15) is 5.69 Å². The molecule has 0 atom stereocenters. The highest BCUT2D eigenvalue weighted by molar-refractivity contribution is 8.19. The number of carbonyl (C=O) groups excluding carboxylic acids is 1. The average molecular weight is 454 g/mol. The Morgan fingerprint density at radius 2 is 1.84 bits per heavy atom. The Balaban J connectivity index is 1.71. The van der Waals surface area contributed by atoms with Crippen LogP contribution < -0.4 is 0 Å². The molecule has 1 aromatic heterocycles. The fourth-order valence-electron chi connectivity index (χ4n) is 2.92. The lowest BCUT2D eigenvalue weighted by Gasteiger charge is -2.12. The van der Waals surface area contributed by atoms with Crippen molar-refractivity contribution in [1.29, 1.82) is 0 Å². The zero-order valence-corrected chi connectivity index (χ0v) is 17.7. The number of hydrogen-bond acceptors (Lipinski definition) is 5. The molecule has 1 saturated heterocycles. The fourth-order valence-corrected chi connectivity index (χ4v) is 5.10. The van der Waals surface area contributed by atoms with Gasteiger partial charge in [-0.2, -0.15) is 8.42 Å². The van der Waals surface area contributed by atoms with E-state index in [-0.39, 0.29) is 21.5 Å². The number of para-hydroxylation sites is 1. The van der Waals surface area contributed by atoms with E-state index >= 15 is 0 Å². The molecule has 0 radical (unpaired) electrons. The molecule has 2 aromatic carbocycles. The number of amidine groups is 1. The number of thioether (sulfide) groups is 1. The third-order valence-corrected chi connectivity index (χ3v) is 6.81. The van der Waals surface area contributed by atoms with E-state index in [4.69, 9.17) is 0 Å². The minimum absolute atomic E-state index is 0.00117. The highest BCUT2D eigenvalue weighted by Crippen LogP contribution is 2.33. The zero-order valence-electron chi connectivity index (χ0n) is 16.1. The van der Waals surface area contributed by atoms with Crippen LogP contribution in [0.25, 0.3) is 17.0 Å². The summed E-state index contributed by atoms with van der Waals surface area (Å²) in [6, 6.07) is 15.6. The predicted molar refractivity (Wildman–Crippen MR) is 120 cm³/mol. The topological polar surface area (TPSA) is 79.7 Å². The number of pyridine rings is 1. The summed E-state index contributed by atoms with van der Waals surface area (Å²) < 4.78 is 42.3. The predicted octanol–water partition coefficient (Wildman–Crippen LogP) is 4.22. The molecule has 0 aliphatic carbocycles. The summed E-state index contributed by atoms with van der Waals surface area (Å²) in [5.41, 5.74) is 1.35. The second kappa shape index (κ2) is 8.44. The summed E-state index contributed by atoms with van der Waals surface area (Å²) in [6.07, 6.45) is 3.08. The number of rotatable bonds is 5. The van der Waals surface area contributed by atoms with Gasteiger partial charge in [-0.05, 0) is 54.2 Å². The molecule has 1 aliphatic heterocycles. The first-order chi connectivity index (χ1) is 14.9. The highest BCUT2D eigenvalue weighted by atomic mass is 32.2. The lowest BCUT2D eigenvalue weighted by Crippen LogP contribution is -2.29. The van der Waals surface area contributed by atoms with Gasteiger partial charge in [0.05, 0.1) is 21.0 Å². The van der Waals surface area contributed by atoms with Gasteiger partial charge in [-0.25, -0.2) is 9.37 Å². The third kappa shape index (κ3) is 4.42. The van der Waals surface area contributed by atoms with Crippen molar-refractivity contribution < 1.29 is 17.6 Å². The second-order valence-corrected chi connectivity index (χ2v) is 9.16. The summed E-state index contributed by atoms with van der Waals surface area (Å²) in [5.74, 6) is -0.952. The van der Waals surface area contributed by atoms with Crippen LogP contribution in [0.15, 0.2) is 87.5 Å². The largest absolute Gasteiger partial charge is 0.284 e. The van der Waals surface area contributed by atoms with Crippen LogP contribution in [-0.2, 0) is 14.8 Å². The Morgan fingerprint density at radius 1 is 1.10 bits per heavy atom. The van der Waals surface area contributed by atoms with Gasteiger partial charge in [0.25, 0.3) is 15.9 Å². The molecule has 0 saturated carbocycles. The van der Waals surface area contributed by atoms with E-state index in [0.717, 1.165) is 46.9 Å². The maximum atomic E-state index is 13.1. The molecule has 4 rings (SSSR count). The van der Waals surface area contributed by atoms with Crippen LogP contribution in [0, 0.1) is 5.82 Å². The molecule has 9 heteroatoms. The summed E-state index contributed by atoms with van der Waals surface area (Å²) in [6.45, 7) is 3.71. The Bertz CT molecular complexity index is 1350. The summed E-state index contributed by atoms with van der Waals surface area (Å²) in [7, 11) is -4.13. The first kappa shape index (κ1) is 21.0. The molecule has 3 aromatic rings. The minimum atomic E-state index is -4.13.